The Morgan fingerprint density at radius 1 is 0.421 bits per heavy atom. The number of likely N-dealkylation sites (N-methyl/N-ethyl adjacent to an activating group) is 1. The lowest BCUT2D eigenvalue weighted by Crippen LogP contribution is -2.37. The number of carbonyl (C=O) groups is 2. The maximum absolute atomic E-state index is 12.8. The van der Waals surface area contributed by atoms with Gasteiger partial charge in [-0.3, -0.25) is 14.2 Å². The van der Waals surface area contributed by atoms with E-state index in [0.717, 1.165) is 89.9 Å². The van der Waals surface area contributed by atoms with Gasteiger partial charge in [0.2, 0.25) is 0 Å². The highest BCUT2D eigenvalue weighted by atomic mass is 31.2. The van der Waals surface area contributed by atoms with Crippen molar-refractivity contribution in [3.63, 3.8) is 0 Å². The Bertz CT molecular complexity index is 1560. The molecule has 0 heterocycles. The lowest BCUT2D eigenvalue weighted by molar-refractivity contribution is -0.870. The van der Waals surface area contributed by atoms with Crippen molar-refractivity contribution < 1.29 is 42.1 Å². The second kappa shape index (κ2) is 56.9. The smallest absolute Gasteiger partial charge is 0.306 e. The predicted octanol–water partition coefficient (Wildman–Crippen LogP) is 19.2. The van der Waals surface area contributed by atoms with E-state index < -0.39 is 26.5 Å². The largest absolute Gasteiger partial charge is 0.756 e. The van der Waals surface area contributed by atoms with Crippen LogP contribution in [0, 0.1) is 0 Å². The topological polar surface area (TPSA) is 111 Å². The van der Waals surface area contributed by atoms with Crippen LogP contribution in [0.2, 0.25) is 0 Å². The number of hydrogen-bond acceptors (Lipinski definition) is 8. The molecule has 0 spiro atoms. The molecule has 0 aromatic carbocycles. The van der Waals surface area contributed by atoms with Gasteiger partial charge in [0.25, 0.3) is 7.82 Å². The molecule has 0 saturated carbocycles. The zero-order valence-electron chi connectivity index (χ0n) is 49.9. The summed E-state index contributed by atoms with van der Waals surface area (Å²) < 4.78 is 34.2. The van der Waals surface area contributed by atoms with Gasteiger partial charge in [-0.05, 0) is 70.6 Å². The molecule has 0 aliphatic carbocycles. The number of phosphoric acid groups is 1. The van der Waals surface area contributed by atoms with E-state index in [-0.39, 0.29) is 32.0 Å². The van der Waals surface area contributed by atoms with E-state index in [9.17, 15) is 19.0 Å². The molecule has 0 aromatic heterocycles. The maximum atomic E-state index is 12.8. The van der Waals surface area contributed by atoms with Gasteiger partial charge in [0.15, 0.2) is 6.10 Å². The van der Waals surface area contributed by atoms with Crippen molar-refractivity contribution in [2.45, 2.75) is 277 Å². The first-order chi connectivity index (χ1) is 37.0. The Morgan fingerprint density at radius 3 is 1.12 bits per heavy atom. The first-order valence-corrected chi connectivity index (χ1v) is 32.8. The van der Waals surface area contributed by atoms with Gasteiger partial charge in [0, 0.05) is 12.8 Å². The number of phosphoric ester groups is 1. The molecule has 0 aliphatic rings. The molecule has 0 saturated heterocycles. The van der Waals surface area contributed by atoms with E-state index in [2.05, 4.69) is 98.9 Å². The number of hydrogen-bond donors (Lipinski definition) is 0. The van der Waals surface area contributed by atoms with Crippen molar-refractivity contribution in [2.75, 3.05) is 47.5 Å². The number of quaternary nitrogens is 1. The Balaban J connectivity index is 4.17. The molecule has 0 radical (unpaired) electrons. The zero-order valence-corrected chi connectivity index (χ0v) is 50.8. The third-order valence-corrected chi connectivity index (χ3v) is 14.4. The Hall–Kier alpha value is -2.81. The molecule has 2 unspecified atom stereocenters. The van der Waals surface area contributed by atoms with Crippen molar-refractivity contribution in [2.24, 2.45) is 0 Å². The van der Waals surface area contributed by atoms with Crippen LogP contribution in [0.3, 0.4) is 0 Å². The van der Waals surface area contributed by atoms with E-state index in [4.69, 9.17) is 18.5 Å². The first kappa shape index (κ1) is 73.2. The number of nitrogens with zero attached hydrogens (tertiary/aromatic N) is 1. The minimum Gasteiger partial charge on any atom is -0.756 e. The van der Waals surface area contributed by atoms with Gasteiger partial charge in [-0.25, -0.2) is 0 Å². The first-order valence-electron chi connectivity index (χ1n) is 31.3. The van der Waals surface area contributed by atoms with Gasteiger partial charge >= 0.3 is 11.9 Å². The SMILES string of the molecule is CC/C=C\C/C=C\C/C=C\C/C=C\C/C=C\C/C=C\C/C=C\CCCCCCCCCC(=O)OC(COC(=O)CCCCCCCCCCCCCCCCCCCCCCCCC)COP(=O)([O-])OCC[N+](C)(C)C. The summed E-state index contributed by atoms with van der Waals surface area (Å²) in [4.78, 5) is 38.0. The number of carbonyl (C=O) groups excluding carboxylic acids is 2. The predicted molar refractivity (Wildman–Crippen MR) is 323 cm³/mol. The summed E-state index contributed by atoms with van der Waals surface area (Å²) in [5.74, 6) is -0.840. The number of ether oxygens (including phenoxy) is 2. The summed E-state index contributed by atoms with van der Waals surface area (Å²) in [7, 11) is 1.16. The standard InChI is InChI=1S/C66H118NO8P/c1-6-8-10-12-14-16-18-20-22-24-26-28-30-31-32-33-34-35-37-39-41-43-45-47-49-51-53-55-57-59-66(69)75-64(63-74-76(70,71)73-61-60-67(3,4)5)62-72-65(68)58-56-54-52-50-48-46-44-42-40-38-36-29-27-25-23-21-19-17-15-13-11-9-7-2/h8,10,14,16,20,22,26,28,31-32,34-35,39,41,64H,6-7,9,11-13,15,17-19,21,23-25,27,29-30,33,36-38,40,42-63H2,1-5H3/b10-8-,16-14-,22-20-,28-26-,32-31-,35-34-,41-39-. The van der Waals surface area contributed by atoms with Gasteiger partial charge in [0.1, 0.15) is 19.8 Å². The lowest BCUT2D eigenvalue weighted by Gasteiger charge is -2.28. The highest BCUT2D eigenvalue weighted by molar-refractivity contribution is 7.45. The molecular formula is C66H118NO8P. The van der Waals surface area contributed by atoms with Gasteiger partial charge in [-0.15, -0.1) is 0 Å². The summed E-state index contributed by atoms with van der Waals surface area (Å²) in [6, 6.07) is 0. The molecule has 0 aromatic rings. The fourth-order valence-electron chi connectivity index (χ4n) is 8.64. The second-order valence-electron chi connectivity index (χ2n) is 22.0. The number of allylic oxidation sites excluding steroid dienone is 14. The maximum Gasteiger partial charge on any atom is 0.306 e. The Kier molecular flexibility index (Phi) is 54.8. The molecule has 2 atom stereocenters. The molecule has 9 nitrogen and oxygen atoms in total. The van der Waals surface area contributed by atoms with Crippen LogP contribution in [-0.2, 0) is 32.7 Å². The third-order valence-electron chi connectivity index (χ3n) is 13.4. The summed E-state index contributed by atoms with van der Waals surface area (Å²) >= 11 is 0. The lowest BCUT2D eigenvalue weighted by atomic mass is 10.0. The quantitative estimate of drug-likeness (QED) is 0.0195. The van der Waals surface area contributed by atoms with E-state index in [1.807, 2.05) is 21.1 Å². The number of esters is 2. The van der Waals surface area contributed by atoms with Crippen molar-refractivity contribution >= 4 is 19.8 Å². The minimum absolute atomic E-state index is 0.0357. The van der Waals surface area contributed by atoms with Crippen molar-refractivity contribution in [1.29, 1.82) is 0 Å². The van der Waals surface area contributed by atoms with Crippen LogP contribution in [-0.4, -0.2) is 70.0 Å². The molecule has 0 fully saturated rings. The third kappa shape index (κ3) is 60.4. The van der Waals surface area contributed by atoms with Gasteiger partial charge < -0.3 is 27.9 Å². The van der Waals surface area contributed by atoms with Gasteiger partial charge in [-0.1, -0.05) is 272 Å². The molecular weight excluding hydrogens is 966 g/mol. The Labute approximate surface area is 469 Å². The molecule has 76 heavy (non-hydrogen) atoms. The molecule has 0 amide bonds. The van der Waals surface area contributed by atoms with Crippen LogP contribution in [0.4, 0.5) is 0 Å². The fourth-order valence-corrected chi connectivity index (χ4v) is 9.37. The highest BCUT2D eigenvalue weighted by Crippen LogP contribution is 2.38. The van der Waals surface area contributed by atoms with Crippen molar-refractivity contribution in [1.82, 2.24) is 0 Å². The van der Waals surface area contributed by atoms with E-state index in [1.54, 1.807) is 0 Å². The van der Waals surface area contributed by atoms with Crippen LogP contribution in [0.5, 0.6) is 0 Å². The van der Waals surface area contributed by atoms with E-state index in [1.165, 1.54) is 148 Å². The number of unbranched alkanes of at least 4 members (excludes halogenated alkanes) is 29. The van der Waals surface area contributed by atoms with Crippen LogP contribution in [0.1, 0.15) is 271 Å². The molecule has 0 rings (SSSR count). The summed E-state index contributed by atoms with van der Waals surface area (Å²) in [6.07, 6.45) is 76.3. The normalized spacial score (nSPS) is 13.8. The molecule has 10 heteroatoms. The minimum atomic E-state index is -4.64. The van der Waals surface area contributed by atoms with Crippen LogP contribution < -0.4 is 4.89 Å². The monoisotopic (exact) mass is 1080 g/mol. The molecule has 440 valence electrons. The summed E-state index contributed by atoms with van der Waals surface area (Å²) in [5, 5.41) is 0. The zero-order chi connectivity index (χ0) is 55.6. The van der Waals surface area contributed by atoms with Gasteiger partial charge in [-0.2, -0.15) is 0 Å². The van der Waals surface area contributed by atoms with Crippen molar-refractivity contribution in [3.05, 3.63) is 85.1 Å². The second-order valence-corrected chi connectivity index (χ2v) is 23.5. The summed E-state index contributed by atoms with van der Waals surface area (Å²) in [6.45, 7) is 4.14. The number of rotatable bonds is 57. The van der Waals surface area contributed by atoms with Crippen LogP contribution in [0.25, 0.3) is 0 Å². The molecule has 0 N–H and O–H groups in total. The Morgan fingerprint density at radius 2 is 0.750 bits per heavy atom. The molecule has 0 bridgehead atoms. The van der Waals surface area contributed by atoms with Crippen molar-refractivity contribution in [3.8, 4) is 0 Å². The fraction of sp³-hybridized carbons (Fsp3) is 0.758. The highest BCUT2D eigenvalue weighted by Gasteiger charge is 2.22. The van der Waals surface area contributed by atoms with Crippen LogP contribution >= 0.6 is 7.82 Å². The average molecular weight is 1080 g/mol. The van der Waals surface area contributed by atoms with E-state index in [0.29, 0.717) is 17.4 Å². The summed E-state index contributed by atoms with van der Waals surface area (Å²) in [5.41, 5.74) is 0. The van der Waals surface area contributed by atoms with Crippen LogP contribution in [0.15, 0.2) is 85.1 Å². The van der Waals surface area contributed by atoms with E-state index >= 15 is 0 Å². The molecule has 0 aliphatic heterocycles. The average Bonchev–Trinajstić information content (AvgIpc) is 3.38. The van der Waals surface area contributed by atoms with Gasteiger partial charge in [0.05, 0.1) is 27.7 Å².